The van der Waals surface area contributed by atoms with E-state index in [4.69, 9.17) is 10.5 Å². The van der Waals surface area contributed by atoms with Gasteiger partial charge in [-0.2, -0.15) is 0 Å². The standard InChI is InChI=1S/C10H16N4O/c1-15-5-4-14-6-8(7-14)9-2-3-12-10(11)13-9/h2-3,8H,4-7H2,1H3,(H2,11,12,13). The summed E-state index contributed by atoms with van der Waals surface area (Å²) in [5.74, 6) is 0.870. The van der Waals surface area contributed by atoms with Crippen LogP contribution in [0.3, 0.4) is 0 Å². The van der Waals surface area contributed by atoms with Gasteiger partial charge in [-0.3, -0.25) is 4.90 Å². The first-order valence-electron chi connectivity index (χ1n) is 5.09. The van der Waals surface area contributed by atoms with Crippen LogP contribution in [0.1, 0.15) is 11.6 Å². The van der Waals surface area contributed by atoms with Crippen molar-refractivity contribution in [3.8, 4) is 0 Å². The Morgan fingerprint density at radius 3 is 3.07 bits per heavy atom. The van der Waals surface area contributed by atoms with Gasteiger partial charge in [0.25, 0.3) is 0 Å². The fourth-order valence-electron chi connectivity index (χ4n) is 1.78. The number of nitrogen functional groups attached to an aromatic ring is 1. The van der Waals surface area contributed by atoms with Gasteiger partial charge in [0.1, 0.15) is 0 Å². The third-order valence-electron chi connectivity index (χ3n) is 2.68. The number of hydrogen-bond acceptors (Lipinski definition) is 5. The lowest BCUT2D eigenvalue weighted by Gasteiger charge is -2.38. The van der Waals surface area contributed by atoms with E-state index in [-0.39, 0.29) is 0 Å². The molecule has 0 unspecified atom stereocenters. The van der Waals surface area contributed by atoms with Crippen LogP contribution >= 0.6 is 0 Å². The van der Waals surface area contributed by atoms with Crippen LogP contribution in [-0.4, -0.2) is 48.2 Å². The van der Waals surface area contributed by atoms with Gasteiger partial charge < -0.3 is 10.5 Å². The van der Waals surface area contributed by atoms with Gasteiger partial charge in [0.05, 0.1) is 12.3 Å². The molecule has 0 aliphatic carbocycles. The fraction of sp³-hybridized carbons (Fsp3) is 0.600. The van der Waals surface area contributed by atoms with Crippen molar-refractivity contribution < 1.29 is 4.74 Å². The molecular formula is C10H16N4O. The zero-order chi connectivity index (χ0) is 10.7. The van der Waals surface area contributed by atoms with Crippen LogP contribution in [0.15, 0.2) is 12.3 Å². The van der Waals surface area contributed by atoms with Gasteiger partial charge in [0, 0.05) is 38.9 Å². The van der Waals surface area contributed by atoms with E-state index in [1.807, 2.05) is 6.07 Å². The van der Waals surface area contributed by atoms with Crippen LogP contribution < -0.4 is 5.73 Å². The van der Waals surface area contributed by atoms with Crippen molar-refractivity contribution in [1.29, 1.82) is 0 Å². The van der Waals surface area contributed by atoms with E-state index in [0.29, 0.717) is 11.9 Å². The Bertz CT molecular complexity index is 325. The highest BCUT2D eigenvalue weighted by Gasteiger charge is 2.28. The summed E-state index contributed by atoms with van der Waals surface area (Å²) in [5, 5.41) is 0. The minimum absolute atomic E-state index is 0.364. The van der Waals surface area contributed by atoms with Crippen molar-refractivity contribution in [2.75, 3.05) is 39.1 Å². The lowest BCUT2D eigenvalue weighted by molar-refractivity contribution is 0.0930. The fourth-order valence-corrected chi connectivity index (χ4v) is 1.78. The van der Waals surface area contributed by atoms with E-state index < -0.39 is 0 Å². The molecule has 1 fully saturated rings. The SMILES string of the molecule is COCCN1CC(c2ccnc(N)n2)C1. The second-order valence-corrected chi connectivity index (χ2v) is 3.79. The Morgan fingerprint density at radius 1 is 1.60 bits per heavy atom. The molecule has 2 N–H and O–H groups in total. The van der Waals surface area contributed by atoms with Crippen molar-refractivity contribution in [3.63, 3.8) is 0 Å². The average molecular weight is 208 g/mol. The minimum Gasteiger partial charge on any atom is -0.383 e. The van der Waals surface area contributed by atoms with Gasteiger partial charge in [-0.1, -0.05) is 0 Å². The maximum absolute atomic E-state index is 5.53. The van der Waals surface area contributed by atoms with Crippen LogP contribution in [0, 0.1) is 0 Å². The zero-order valence-electron chi connectivity index (χ0n) is 8.89. The summed E-state index contributed by atoms with van der Waals surface area (Å²) in [6.07, 6.45) is 1.72. The van der Waals surface area contributed by atoms with E-state index >= 15 is 0 Å². The molecule has 82 valence electrons. The van der Waals surface area contributed by atoms with Gasteiger partial charge in [0.2, 0.25) is 5.95 Å². The van der Waals surface area contributed by atoms with Crippen molar-refractivity contribution in [2.24, 2.45) is 0 Å². The number of nitrogens with two attached hydrogens (primary N) is 1. The number of nitrogens with zero attached hydrogens (tertiary/aromatic N) is 3. The number of anilines is 1. The highest BCUT2D eigenvalue weighted by molar-refractivity contribution is 5.21. The maximum Gasteiger partial charge on any atom is 0.220 e. The third-order valence-corrected chi connectivity index (χ3v) is 2.68. The lowest BCUT2D eigenvalue weighted by Crippen LogP contribution is -2.46. The largest absolute Gasteiger partial charge is 0.383 e. The van der Waals surface area contributed by atoms with Gasteiger partial charge in [-0.15, -0.1) is 0 Å². The van der Waals surface area contributed by atoms with Crippen LogP contribution in [0.2, 0.25) is 0 Å². The summed E-state index contributed by atoms with van der Waals surface area (Å²) in [6, 6.07) is 1.94. The Balaban J connectivity index is 1.84. The summed E-state index contributed by atoms with van der Waals surface area (Å²) < 4.78 is 5.02. The van der Waals surface area contributed by atoms with Crippen molar-refractivity contribution in [1.82, 2.24) is 14.9 Å². The molecule has 0 saturated carbocycles. The van der Waals surface area contributed by atoms with Crippen molar-refractivity contribution >= 4 is 5.95 Å². The van der Waals surface area contributed by atoms with Crippen LogP contribution in [0.25, 0.3) is 0 Å². The predicted octanol–water partition coefficient (Wildman–Crippen LogP) is 0.104. The van der Waals surface area contributed by atoms with Gasteiger partial charge >= 0.3 is 0 Å². The molecule has 2 rings (SSSR count). The molecule has 1 aromatic heterocycles. The zero-order valence-corrected chi connectivity index (χ0v) is 8.89. The van der Waals surface area contributed by atoms with E-state index in [0.717, 1.165) is 31.9 Å². The maximum atomic E-state index is 5.53. The second kappa shape index (κ2) is 4.55. The molecule has 1 aliphatic rings. The third kappa shape index (κ3) is 2.43. The highest BCUT2D eigenvalue weighted by atomic mass is 16.5. The first-order valence-corrected chi connectivity index (χ1v) is 5.09. The monoisotopic (exact) mass is 208 g/mol. The topological polar surface area (TPSA) is 64.3 Å². The second-order valence-electron chi connectivity index (χ2n) is 3.79. The molecule has 0 bridgehead atoms. The van der Waals surface area contributed by atoms with E-state index in [1.54, 1.807) is 13.3 Å². The normalized spacial score (nSPS) is 17.7. The molecule has 5 heteroatoms. The molecule has 1 aromatic rings. The average Bonchev–Trinajstić information content (AvgIpc) is 2.16. The first kappa shape index (κ1) is 10.3. The van der Waals surface area contributed by atoms with Crippen molar-refractivity contribution in [3.05, 3.63) is 18.0 Å². The number of ether oxygens (including phenoxy) is 1. The summed E-state index contributed by atoms with van der Waals surface area (Å²) in [4.78, 5) is 10.4. The number of aromatic nitrogens is 2. The van der Waals surface area contributed by atoms with Crippen LogP contribution in [0.5, 0.6) is 0 Å². The molecule has 0 amide bonds. The van der Waals surface area contributed by atoms with E-state index in [2.05, 4.69) is 14.9 Å². The van der Waals surface area contributed by atoms with E-state index in [1.165, 1.54) is 0 Å². The molecule has 15 heavy (non-hydrogen) atoms. The number of rotatable bonds is 4. The molecular weight excluding hydrogens is 192 g/mol. The van der Waals surface area contributed by atoms with Gasteiger partial charge in [-0.25, -0.2) is 9.97 Å². The highest BCUT2D eigenvalue weighted by Crippen LogP contribution is 2.24. The summed E-state index contributed by atoms with van der Waals surface area (Å²) in [7, 11) is 1.72. The Labute approximate surface area is 89.3 Å². The molecule has 2 heterocycles. The predicted molar refractivity (Wildman–Crippen MR) is 57.5 cm³/mol. The molecule has 0 atom stereocenters. The van der Waals surface area contributed by atoms with E-state index in [9.17, 15) is 0 Å². The summed E-state index contributed by atoms with van der Waals surface area (Å²) in [6.45, 7) is 3.87. The van der Waals surface area contributed by atoms with Crippen molar-refractivity contribution in [2.45, 2.75) is 5.92 Å². The van der Waals surface area contributed by atoms with Crippen LogP contribution in [-0.2, 0) is 4.74 Å². The molecule has 5 nitrogen and oxygen atoms in total. The molecule has 0 aromatic carbocycles. The Kier molecular flexibility index (Phi) is 3.13. The van der Waals surface area contributed by atoms with Gasteiger partial charge in [0.15, 0.2) is 0 Å². The molecule has 0 radical (unpaired) electrons. The Morgan fingerprint density at radius 2 is 2.40 bits per heavy atom. The van der Waals surface area contributed by atoms with Gasteiger partial charge in [-0.05, 0) is 6.07 Å². The summed E-state index contributed by atoms with van der Waals surface area (Å²) in [5.41, 5.74) is 6.59. The number of hydrogen-bond donors (Lipinski definition) is 1. The number of methoxy groups -OCH3 is 1. The Hall–Kier alpha value is -1.20. The number of likely N-dealkylation sites (tertiary alicyclic amines) is 1. The molecule has 0 spiro atoms. The minimum atomic E-state index is 0.364. The quantitative estimate of drug-likeness (QED) is 0.760. The molecule has 1 aliphatic heterocycles. The molecule has 1 saturated heterocycles. The summed E-state index contributed by atoms with van der Waals surface area (Å²) >= 11 is 0. The lowest BCUT2D eigenvalue weighted by atomic mass is 9.96. The first-order chi connectivity index (χ1) is 7.29. The smallest absolute Gasteiger partial charge is 0.220 e. The van der Waals surface area contributed by atoms with Crippen LogP contribution in [0.4, 0.5) is 5.95 Å².